The van der Waals surface area contributed by atoms with Gasteiger partial charge in [0.1, 0.15) is 0 Å². The minimum absolute atomic E-state index is 0.0678. The molecule has 0 saturated carbocycles. The fourth-order valence-electron chi connectivity index (χ4n) is 1.97. The van der Waals surface area contributed by atoms with Gasteiger partial charge in [0.25, 0.3) is 0 Å². The zero-order valence-corrected chi connectivity index (χ0v) is 12.3. The van der Waals surface area contributed by atoms with Crippen LogP contribution in [0.25, 0.3) is 0 Å². The molecule has 0 fully saturated rings. The van der Waals surface area contributed by atoms with Crippen LogP contribution in [0.1, 0.15) is 26.3 Å². The van der Waals surface area contributed by atoms with Crippen LogP contribution in [-0.4, -0.2) is 30.7 Å². The zero-order chi connectivity index (χ0) is 13.0. The Bertz CT molecular complexity index is 359. The van der Waals surface area contributed by atoms with Crippen LogP contribution in [0, 0.1) is 0 Å². The summed E-state index contributed by atoms with van der Waals surface area (Å²) in [6.45, 7) is 8.37. The lowest BCUT2D eigenvalue weighted by Gasteiger charge is -2.19. The van der Waals surface area contributed by atoms with Gasteiger partial charge >= 0.3 is 0 Å². The third-order valence-electron chi connectivity index (χ3n) is 2.78. The number of thioether (sulfide) groups is 1. The third kappa shape index (κ3) is 4.30. The lowest BCUT2D eigenvalue weighted by Crippen LogP contribution is -2.22. The maximum Gasteiger partial charge on any atom is 0.0707 e. The standard InChI is InChI=1S/C15H22O2S/c1-15(2,3)17-9-8-16-11-13-10-12-6-4-5-7-14(12)18-13/h4-7,13H,8-11H2,1-3H3. The second-order valence-electron chi connectivity index (χ2n) is 5.59. The zero-order valence-electron chi connectivity index (χ0n) is 11.4. The molecule has 3 heteroatoms. The highest BCUT2D eigenvalue weighted by Gasteiger charge is 2.21. The average Bonchev–Trinajstić information content (AvgIpc) is 2.69. The first kappa shape index (κ1) is 13.9. The van der Waals surface area contributed by atoms with Crippen molar-refractivity contribution in [2.75, 3.05) is 19.8 Å². The summed E-state index contributed by atoms with van der Waals surface area (Å²) in [5.41, 5.74) is 1.39. The molecular weight excluding hydrogens is 244 g/mol. The van der Waals surface area contributed by atoms with Crippen molar-refractivity contribution < 1.29 is 9.47 Å². The van der Waals surface area contributed by atoms with E-state index in [0.29, 0.717) is 18.5 Å². The Labute approximate surface area is 114 Å². The normalized spacial score (nSPS) is 18.9. The van der Waals surface area contributed by atoms with Crippen molar-refractivity contribution in [2.45, 2.75) is 42.9 Å². The molecule has 0 amide bonds. The van der Waals surface area contributed by atoms with Gasteiger partial charge in [-0.05, 0) is 38.8 Å². The Hall–Kier alpha value is -0.510. The van der Waals surface area contributed by atoms with E-state index in [9.17, 15) is 0 Å². The van der Waals surface area contributed by atoms with Crippen LogP contribution in [0.5, 0.6) is 0 Å². The lowest BCUT2D eigenvalue weighted by molar-refractivity contribution is -0.0344. The molecule has 0 spiro atoms. The van der Waals surface area contributed by atoms with E-state index in [4.69, 9.17) is 9.47 Å². The van der Waals surface area contributed by atoms with Crippen LogP contribution in [0.2, 0.25) is 0 Å². The molecule has 1 aliphatic heterocycles. The van der Waals surface area contributed by atoms with Crippen molar-refractivity contribution in [2.24, 2.45) is 0 Å². The Morgan fingerprint density at radius 1 is 1.22 bits per heavy atom. The molecule has 1 unspecified atom stereocenters. The highest BCUT2D eigenvalue weighted by Crippen LogP contribution is 2.36. The largest absolute Gasteiger partial charge is 0.378 e. The molecule has 1 atom stereocenters. The quantitative estimate of drug-likeness (QED) is 0.760. The molecule has 0 saturated heterocycles. The molecule has 18 heavy (non-hydrogen) atoms. The average molecular weight is 266 g/mol. The Balaban J connectivity index is 1.63. The fraction of sp³-hybridized carbons (Fsp3) is 0.600. The van der Waals surface area contributed by atoms with Gasteiger partial charge in [0.05, 0.1) is 25.4 Å². The van der Waals surface area contributed by atoms with E-state index in [1.165, 1.54) is 10.5 Å². The summed E-state index contributed by atoms with van der Waals surface area (Å²) in [4.78, 5) is 1.41. The summed E-state index contributed by atoms with van der Waals surface area (Å²) >= 11 is 1.93. The molecule has 2 rings (SSSR count). The van der Waals surface area contributed by atoms with Gasteiger partial charge in [-0.3, -0.25) is 0 Å². The highest BCUT2D eigenvalue weighted by atomic mass is 32.2. The molecular formula is C15H22O2S. The van der Waals surface area contributed by atoms with Crippen molar-refractivity contribution in [3.05, 3.63) is 29.8 Å². The van der Waals surface area contributed by atoms with Crippen molar-refractivity contribution in [1.29, 1.82) is 0 Å². The molecule has 0 N–H and O–H groups in total. The summed E-state index contributed by atoms with van der Waals surface area (Å²) in [5, 5.41) is 0.567. The molecule has 0 bridgehead atoms. The summed E-state index contributed by atoms with van der Waals surface area (Å²) < 4.78 is 11.3. The van der Waals surface area contributed by atoms with Crippen LogP contribution in [0.4, 0.5) is 0 Å². The van der Waals surface area contributed by atoms with Crippen molar-refractivity contribution in [1.82, 2.24) is 0 Å². The number of rotatable bonds is 5. The predicted octanol–water partition coefficient (Wildman–Crippen LogP) is 3.54. The van der Waals surface area contributed by atoms with Crippen molar-refractivity contribution in [3.8, 4) is 0 Å². The van der Waals surface area contributed by atoms with Gasteiger partial charge in [-0.1, -0.05) is 18.2 Å². The molecule has 2 nitrogen and oxygen atoms in total. The van der Waals surface area contributed by atoms with Crippen LogP contribution in [-0.2, 0) is 15.9 Å². The minimum atomic E-state index is -0.0678. The van der Waals surface area contributed by atoms with E-state index < -0.39 is 0 Å². The van der Waals surface area contributed by atoms with Crippen LogP contribution < -0.4 is 0 Å². The van der Waals surface area contributed by atoms with Gasteiger partial charge in [0.2, 0.25) is 0 Å². The molecule has 1 heterocycles. The first-order valence-corrected chi connectivity index (χ1v) is 7.39. The first-order valence-electron chi connectivity index (χ1n) is 6.51. The topological polar surface area (TPSA) is 18.5 Å². The van der Waals surface area contributed by atoms with E-state index in [1.807, 2.05) is 11.8 Å². The SMILES string of the molecule is CC(C)(C)OCCOCC1Cc2ccccc2S1. The van der Waals surface area contributed by atoms with Gasteiger partial charge in [0.15, 0.2) is 0 Å². The van der Waals surface area contributed by atoms with Crippen molar-refractivity contribution in [3.63, 3.8) is 0 Å². The Morgan fingerprint density at radius 3 is 2.72 bits per heavy atom. The number of ether oxygens (including phenoxy) is 2. The first-order chi connectivity index (χ1) is 8.54. The fourth-order valence-corrected chi connectivity index (χ4v) is 3.21. The molecule has 0 aromatic heterocycles. The minimum Gasteiger partial charge on any atom is -0.378 e. The van der Waals surface area contributed by atoms with Crippen molar-refractivity contribution >= 4 is 11.8 Å². The molecule has 1 aromatic carbocycles. The maximum absolute atomic E-state index is 5.70. The van der Waals surface area contributed by atoms with Crippen LogP contribution in [0.15, 0.2) is 29.2 Å². The predicted molar refractivity (Wildman–Crippen MR) is 76.3 cm³/mol. The maximum atomic E-state index is 5.70. The number of hydrogen-bond acceptors (Lipinski definition) is 3. The van der Waals surface area contributed by atoms with E-state index in [0.717, 1.165) is 13.0 Å². The Kier molecular flexibility index (Phi) is 4.71. The van der Waals surface area contributed by atoms with E-state index in [2.05, 4.69) is 45.0 Å². The van der Waals surface area contributed by atoms with E-state index in [-0.39, 0.29) is 5.60 Å². The monoisotopic (exact) mass is 266 g/mol. The third-order valence-corrected chi connectivity index (χ3v) is 4.07. The smallest absolute Gasteiger partial charge is 0.0707 e. The highest BCUT2D eigenvalue weighted by molar-refractivity contribution is 8.00. The molecule has 1 aromatic rings. The van der Waals surface area contributed by atoms with Gasteiger partial charge in [0, 0.05) is 10.1 Å². The molecule has 0 aliphatic carbocycles. The summed E-state index contributed by atoms with van der Waals surface area (Å²) in [6.07, 6.45) is 1.13. The van der Waals surface area contributed by atoms with Crippen LogP contribution >= 0.6 is 11.8 Å². The van der Waals surface area contributed by atoms with E-state index >= 15 is 0 Å². The van der Waals surface area contributed by atoms with Gasteiger partial charge in [-0.15, -0.1) is 11.8 Å². The number of benzene rings is 1. The Morgan fingerprint density at radius 2 is 2.00 bits per heavy atom. The summed E-state index contributed by atoms with van der Waals surface area (Å²) in [7, 11) is 0. The van der Waals surface area contributed by atoms with Gasteiger partial charge in [-0.2, -0.15) is 0 Å². The van der Waals surface area contributed by atoms with Crippen LogP contribution in [0.3, 0.4) is 0 Å². The second-order valence-corrected chi connectivity index (χ2v) is 6.93. The molecule has 1 aliphatic rings. The van der Waals surface area contributed by atoms with Gasteiger partial charge in [-0.25, -0.2) is 0 Å². The summed E-state index contributed by atoms with van der Waals surface area (Å²) in [6, 6.07) is 8.62. The molecule has 100 valence electrons. The van der Waals surface area contributed by atoms with Gasteiger partial charge < -0.3 is 9.47 Å². The molecule has 0 radical (unpaired) electrons. The van der Waals surface area contributed by atoms with E-state index in [1.54, 1.807) is 0 Å². The summed E-state index contributed by atoms with van der Waals surface area (Å²) in [5.74, 6) is 0. The lowest BCUT2D eigenvalue weighted by atomic mass is 10.1. The number of hydrogen-bond donors (Lipinski definition) is 0. The second kappa shape index (κ2) is 6.09. The number of fused-ring (bicyclic) bond motifs is 1.